The number of benzene rings is 4. The van der Waals surface area contributed by atoms with Crippen molar-refractivity contribution in [3.63, 3.8) is 0 Å². The first-order valence-electron chi connectivity index (χ1n) is 14.0. The highest BCUT2D eigenvalue weighted by Gasteiger charge is 2.22. The monoisotopic (exact) mass is 505 g/mol. The number of fused-ring (bicyclic) bond motifs is 3. The normalized spacial score (nSPS) is 12.9. The molecule has 39 heavy (non-hydrogen) atoms. The molecule has 3 heterocycles. The number of hydrogen-bond donors (Lipinski definition) is 0. The maximum absolute atomic E-state index is 2.55. The smallest absolute Gasteiger partial charge is 0.0620 e. The third-order valence-corrected chi connectivity index (χ3v) is 8.44. The summed E-state index contributed by atoms with van der Waals surface area (Å²) >= 11 is 0. The van der Waals surface area contributed by atoms with E-state index in [-0.39, 0.29) is 10.8 Å². The highest BCUT2D eigenvalue weighted by atomic mass is 14.9. The number of aromatic nitrogens is 1. The molecule has 0 fully saturated rings. The van der Waals surface area contributed by atoms with E-state index >= 15 is 0 Å². The summed E-state index contributed by atoms with van der Waals surface area (Å²) in [7, 11) is 0. The Kier molecular flexibility index (Phi) is 5.04. The van der Waals surface area contributed by atoms with Gasteiger partial charge in [-0.1, -0.05) is 133 Å². The molecule has 0 atom stereocenters. The van der Waals surface area contributed by atoms with Crippen molar-refractivity contribution in [2.75, 3.05) is 0 Å². The second kappa shape index (κ2) is 8.20. The highest BCUT2D eigenvalue weighted by Crippen LogP contribution is 2.44. The molecule has 0 saturated heterocycles. The fourth-order valence-corrected chi connectivity index (χ4v) is 6.26. The molecule has 0 spiro atoms. The number of pyridine rings is 2. The topological polar surface area (TPSA) is 4.41 Å². The van der Waals surface area contributed by atoms with Gasteiger partial charge in [-0.2, -0.15) is 0 Å². The van der Waals surface area contributed by atoms with Crippen molar-refractivity contribution < 1.29 is 0 Å². The van der Waals surface area contributed by atoms with Crippen LogP contribution < -0.4 is 0 Å². The average molecular weight is 506 g/mol. The molecule has 1 heteroatoms. The lowest BCUT2D eigenvalue weighted by atomic mass is 9.86. The molecule has 0 aliphatic rings. The first kappa shape index (κ1) is 24.0. The average Bonchev–Trinajstić information content (AvgIpc) is 3.27. The summed E-state index contributed by atoms with van der Waals surface area (Å²) in [4.78, 5) is 0. The van der Waals surface area contributed by atoms with Crippen LogP contribution >= 0.6 is 0 Å². The van der Waals surface area contributed by atoms with Crippen molar-refractivity contribution in [2.24, 2.45) is 0 Å². The van der Waals surface area contributed by atoms with Crippen LogP contribution in [0.2, 0.25) is 0 Å². The van der Waals surface area contributed by atoms with Crippen LogP contribution in [0.25, 0.3) is 60.3 Å². The quantitative estimate of drug-likeness (QED) is 0.220. The molecule has 192 valence electrons. The fourth-order valence-electron chi connectivity index (χ4n) is 6.26. The minimum Gasteiger partial charge on any atom is -0.307 e. The van der Waals surface area contributed by atoms with Gasteiger partial charge >= 0.3 is 0 Å². The van der Waals surface area contributed by atoms with Crippen LogP contribution in [0.5, 0.6) is 0 Å². The lowest BCUT2D eigenvalue weighted by molar-refractivity contribution is 0.590. The van der Waals surface area contributed by atoms with Crippen molar-refractivity contribution in [2.45, 2.75) is 52.4 Å². The molecule has 0 amide bonds. The van der Waals surface area contributed by atoms with Crippen LogP contribution in [0.1, 0.15) is 52.7 Å². The second-order valence-corrected chi connectivity index (χ2v) is 13.1. The van der Waals surface area contributed by atoms with E-state index in [1.807, 2.05) is 0 Å². The van der Waals surface area contributed by atoms with Gasteiger partial charge in [0, 0.05) is 21.9 Å². The molecule has 4 aromatic carbocycles. The molecular formula is C38H35N. The predicted octanol–water partition coefficient (Wildman–Crippen LogP) is 10.8. The largest absolute Gasteiger partial charge is 0.307 e. The maximum Gasteiger partial charge on any atom is 0.0620 e. The Balaban J connectivity index is 1.60. The van der Waals surface area contributed by atoms with E-state index in [0.29, 0.717) is 0 Å². The Hall–Kier alpha value is -4.10. The molecule has 1 nitrogen and oxygen atoms in total. The predicted molar refractivity (Wildman–Crippen MR) is 169 cm³/mol. The summed E-state index contributed by atoms with van der Waals surface area (Å²) < 4.78 is 2.55. The zero-order valence-electron chi connectivity index (χ0n) is 23.8. The summed E-state index contributed by atoms with van der Waals surface area (Å²) in [5.41, 5.74) is 11.9. The first-order valence-corrected chi connectivity index (χ1v) is 14.0. The van der Waals surface area contributed by atoms with Gasteiger partial charge in [-0.15, -0.1) is 0 Å². The lowest BCUT2D eigenvalue weighted by Gasteiger charge is -2.20. The van der Waals surface area contributed by atoms with Crippen molar-refractivity contribution in [1.82, 2.24) is 4.40 Å². The van der Waals surface area contributed by atoms with Gasteiger partial charge in [0.25, 0.3) is 0 Å². The third kappa shape index (κ3) is 3.67. The summed E-state index contributed by atoms with van der Waals surface area (Å²) in [6.07, 6.45) is 0. The Labute approximate surface area is 231 Å². The summed E-state index contributed by atoms with van der Waals surface area (Å²) in [5.74, 6) is 0. The first-order chi connectivity index (χ1) is 18.6. The van der Waals surface area contributed by atoms with Gasteiger partial charge in [0.1, 0.15) is 0 Å². The SMILES string of the molecule is CC(C)(C)c1ccc(-c2cc3cccc4cc(-c5ccc(C(C)(C)C)cc5)c5c6ccccc6c2n5c34)cc1. The van der Waals surface area contributed by atoms with Gasteiger partial charge in [-0.05, 0) is 56.0 Å². The third-order valence-electron chi connectivity index (χ3n) is 8.44. The molecule has 3 aromatic heterocycles. The molecule has 0 unspecified atom stereocenters. The van der Waals surface area contributed by atoms with Crippen LogP contribution in [0.3, 0.4) is 0 Å². The van der Waals surface area contributed by atoms with E-state index in [4.69, 9.17) is 0 Å². The summed E-state index contributed by atoms with van der Waals surface area (Å²) in [5, 5.41) is 5.15. The maximum atomic E-state index is 2.55. The fraction of sp³-hybridized carbons (Fsp3) is 0.211. The van der Waals surface area contributed by atoms with Crippen LogP contribution in [-0.2, 0) is 10.8 Å². The van der Waals surface area contributed by atoms with Gasteiger partial charge in [-0.3, -0.25) is 0 Å². The second-order valence-electron chi connectivity index (χ2n) is 13.1. The Bertz CT molecular complexity index is 1850. The number of rotatable bonds is 2. The van der Waals surface area contributed by atoms with E-state index in [1.54, 1.807) is 0 Å². The van der Waals surface area contributed by atoms with E-state index in [1.165, 1.54) is 71.5 Å². The summed E-state index contributed by atoms with van der Waals surface area (Å²) in [6.45, 7) is 13.7. The van der Waals surface area contributed by atoms with Crippen molar-refractivity contribution in [1.29, 1.82) is 0 Å². The lowest BCUT2D eigenvalue weighted by Crippen LogP contribution is -2.10. The van der Waals surface area contributed by atoms with Gasteiger partial charge in [0.15, 0.2) is 0 Å². The minimum atomic E-state index is 0.129. The van der Waals surface area contributed by atoms with Gasteiger partial charge in [-0.25, -0.2) is 0 Å². The zero-order chi connectivity index (χ0) is 27.1. The molecule has 0 bridgehead atoms. The molecule has 0 saturated carbocycles. The Morgan fingerprint density at radius 2 is 0.846 bits per heavy atom. The van der Waals surface area contributed by atoms with E-state index in [0.717, 1.165) is 0 Å². The van der Waals surface area contributed by atoms with Crippen LogP contribution in [0, 0.1) is 0 Å². The highest BCUT2D eigenvalue weighted by molar-refractivity contribution is 6.21. The van der Waals surface area contributed by atoms with Crippen molar-refractivity contribution in [3.8, 4) is 22.3 Å². The molecule has 7 rings (SSSR count). The Morgan fingerprint density at radius 1 is 0.436 bits per heavy atom. The number of para-hydroxylation sites is 1. The van der Waals surface area contributed by atoms with Crippen LogP contribution in [0.4, 0.5) is 0 Å². The van der Waals surface area contributed by atoms with Crippen molar-refractivity contribution >= 4 is 38.1 Å². The molecule has 7 aromatic rings. The number of nitrogens with zero attached hydrogens (tertiary/aromatic N) is 1. The summed E-state index contributed by atoms with van der Waals surface area (Å²) in [6, 6.07) is 38.9. The van der Waals surface area contributed by atoms with Gasteiger partial charge in [0.2, 0.25) is 0 Å². The molecular weight excluding hydrogens is 470 g/mol. The number of hydrogen-bond acceptors (Lipinski definition) is 0. The van der Waals surface area contributed by atoms with E-state index in [2.05, 4.69) is 149 Å². The van der Waals surface area contributed by atoms with Gasteiger partial charge < -0.3 is 4.40 Å². The van der Waals surface area contributed by atoms with Crippen LogP contribution in [-0.4, -0.2) is 4.40 Å². The van der Waals surface area contributed by atoms with Gasteiger partial charge in [0.05, 0.1) is 16.6 Å². The minimum absolute atomic E-state index is 0.129. The van der Waals surface area contributed by atoms with E-state index < -0.39 is 0 Å². The molecule has 0 aliphatic carbocycles. The van der Waals surface area contributed by atoms with E-state index in [9.17, 15) is 0 Å². The molecule has 0 aliphatic heterocycles. The zero-order valence-corrected chi connectivity index (χ0v) is 23.8. The Morgan fingerprint density at radius 3 is 1.23 bits per heavy atom. The van der Waals surface area contributed by atoms with Crippen molar-refractivity contribution in [3.05, 3.63) is 114 Å². The molecule has 0 N–H and O–H groups in total. The molecule has 0 radical (unpaired) electrons. The van der Waals surface area contributed by atoms with Crippen LogP contribution in [0.15, 0.2) is 103 Å². The standard InChI is InChI=1S/C38H35N/c1-37(2,3)28-18-14-24(15-19-28)32-22-26-10-9-11-27-23-33(25-16-20-29(21-17-25)38(4,5)6)36-31-13-8-7-12-30(31)35(32)39(36)34(26)27/h7-23H,1-6H3.